The lowest BCUT2D eigenvalue weighted by molar-refractivity contribution is -0.119. The first-order valence-corrected chi connectivity index (χ1v) is 5.94. The molecule has 19 heavy (non-hydrogen) atoms. The Morgan fingerprint density at radius 2 is 1.42 bits per heavy atom. The summed E-state index contributed by atoms with van der Waals surface area (Å²) in [6.45, 7) is 0. The highest BCUT2D eigenvalue weighted by Gasteiger charge is 2.08. The molecule has 4 heteroatoms. The first kappa shape index (κ1) is 12.8. The van der Waals surface area contributed by atoms with E-state index in [1.54, 1.807) is 24.3 Å². The largest absolute Gasteiger partial charge is 0.325 e. The number of anilines is 1. The summed E-state index contributed by atoms with van der Waals surface area (Å²) in [5.74, 6) is -0.334. The predicted molar refractivity (Wildman–Crippen MR) is 73.7 cm³/mol. The summed E-state index contributed by atoms with van der Waals surface area (Å²) in [6, 6.07) is 17.7. The van der Waals surface area contributed by atoms with Crippen molar-refractivity contribution < 1.29 is 9.59 Å². The van der Waals surface area contributed by atoms with E-state index >= 15 is 0 Å². The van der Waals surface area contributed by atoms with Crippen LogP contribution >= 0.6 is 0 Å². The van der Waals surface area contributed by atoms with Gasteiger partial charge in [-0.05, 0) is 17.7 Å². The normalized spacial score (nSPS) is 9.68. The highest BCUT2D eigenvalue weighted by atomic mass is 16.2. The Kier molecular flexibility index (Phi) is 4.29. The number of rotatable bonds is 3. The number of hydrogen-bond acceptors (Lipinski definition) is 2. The summed E-state index contributed by atoms with van der Waals surface area (Å²) in [6.07, 6.45) is 0.184. The molecule has 2 N–H and O–H groups in total. The maximum absolute atomic E-state index is 11.6. The third-order valence-electron chi connectivity index (χ3n) is 2.49. The zero-order chi connectivity index (χ0) is 13.5. The number of hydrogen-bond donors (Lipinski definition) is 2. The van der Waals surface area contributed by atoms with Crippen LogP contribution in [0.15, 0.2) is 60.7 Å². The van der Waals surface area contributed by atoms with Gasteiger partial charge in [-0.25, -0.2) is 4.79 Å². The van der Waals surface area contributed by atoms with E-state index in [0.717, 1.165) is 5.56 Å². The monoisotopic (exact) mass is 254 g/mol. The second-order valence-electron chi connectivity index (χ2n) is 4.03. The van der Waals surface area contributed by atoms with E-state index in [2.05, 4.69) is 10.6 Å². The third-order valence-corrected chi connectivity index (χ3v) is 2.49. The van der Waals surface area contributed by atoms with Gasteiger partial charge in [-0.1, -0.05) is 48.5 Å². The van der Waals surface area contributed by atoms with Crippen LogP contribution in [-0.4, -0.2) is 11.9 Å². The van der Waals surface area contributed by atoms with Gasteiger partial charge < -0.3 is 5.32 Å². The van der Waals surface area contributed by atoms with Gasteiger partial charge in [0, 0.05) is 5.69 Å². The number of urea groups is 1. The highest BCUT2D eigenvalue weighted by molar-refractivity contribution is 6.01. The van der Waals surface area contributed by atoms with E-state index in [1.165, 1.54) is 0 Å². The van der Waals surface area contributed by atoms with Crippen LogP contribution in [0.25, 0.3) is 0 Å². The fourth-order valence-corrected chi connectivity index (χ4v) is 1.64. The SMILES string of the molecule is O=C(Cc1ccccc1)NC(=O)Nc1ccccc1. The van der Waals surface area contributed by atoms with Crippen molar-refractivity contribution in [2.45, 2.75) is 6.42 Å². The molecule has 4 nitrogen and oxygen atoms in total. The quantitative estimate of drug-likeness (QED) is 0.884. The Morgan fingerprint density at radius 1 is 0.842 bits per heavy atom. The van der Waals surface area contributed by atoms with Crippen LogP contribution in [0.1, 0.15) is 5.56 Å². The van der Waals surface area contributed by atoms with Crippen molar-refractivity contribution in [1.29, 1.82) is 0 Å². The van der Waals surface area contributed by atoms with E-state index in [9.17, 15) is 9.59 Å². The van der Waals surface area contributed by atoms with Gasteiger partial charge in [-0.3, -0.25) is 10.1 Å². The number of carbonyl (C=O) groups excluding carboxylic acids is 2. The molecule has 0 saturated carbocycles. The van der Waals surface area contributed by atoms with Crippen LogP contribution in [0.3, 0.4) is 0 Å². The molecule has 3 amide bonds. The van der Waals surface area contributed by atoms with E-state index < -0.39 is 6.03 Å². The van der Waals surface area contributed by atoms with Gasteiger partial charge in [-0.15, -0.1) is 0 Å². The van der Waals surface area contributed by atoms with Crippen molar-refractivity contribution in [2.24, 2.45) is 0 Å². The summed E-state index contributed by atoms with van der Waals surface area (Å²) in [5.41, 5.74) is 1.51. The lowest BCUT2D eigenvalue weighted by Crippen LogP contribution is -2.35. The van der Waals surface area contributed by atoms with E-state index in [-0.39, 0.29) is 12.3 Å². The van der Waals surface area contributed by atoms with Gasteiger partial charge in [0.15, 0.2) is 0 Å². The van der Waals surface area contributed by atoms with Gasteiger partial charge in [0.1, 0.15) is 0 Å². The van der Waals surface area contributed by atoms with Crippen molar-refractivity contribution in [1.82, 2.24) is 5.32 Å². The summed E-state index contributed by atoms with van der Waals surface area (Å²) >= 11 is 0. The predicted octanol–water partition coefficient (Wildman–Crippen LogP) is 2.58. The third kappa shape index (κ3) is 4.27. The summed E-state index contributed by atoms with van der Waals surface area (Å²) < 4.78 is 0. The second kappa shape index (κ2) is 6.35. The van der Waals surface area contributed by atoms with Crippen molar-refractivity contribution in [2.75, 3.05) is 5.32 Å². The molecule has 2 aromatic carbocycles. The van der Waals surface area contributed by atoms with E-state index in [0.29, 0.717) is 5.69 Å². The van der Waals surface area contributed by atoms with Crippen molar-refractivity contribution in [3.63, 3.8) is 0 Å². The topological polar surface area (TPSA) is 58.2 Å². The fourth-order valence-electron chi connectivity index (χ4n) is 1.64. The second-order valence-corrected chi connectivity index (χ2v) is 4.03. The number of para-hydroxylation sites is 1. The number of amides is 3. The molecule has 0 bridgehead atoms. The average Bonchev–Trinajstić information content (AvgIpc) is 2.40. The van der Waals surface area contributed by atoms with Gasteiger partial charge in [0.25, 0.3) is 0 Å². The van der Waals surface area contributed by atoms with Crippen LogP contribution in [-0.2, 0) is 11.2 Å². The fraction of sp³-hybridized carbons (Fsp3) is 0.0667. The molecule has 2 aromatic rings. The van der Waals surface area contributed by atoms with E-state index in [1.807, 2.05) is 36.4 Å². The molecule has 96 valence electrons. The number of nitrogens with one attached hydrogen (secondary N) is 2. The molecular formula is C15H14N2O2. The van der Waals surface area contributed by atoms with E-state index in [4.69, 9.17) is 0 Å². The van der Waals surface area contributed by atoms with Crippen molar-refractivity contribution in [3.8, 4) is 0 Å². The zero-order valence-electron chi connectivity index (χ0n) is 10.3. The zero-order valence-corrected chi connectivity index (χ0v) is 10.3. The lowest BCUT2D eigenvalue weighted by atomic mass is 10.1. The van der Waals surface area contributed by atoms with Gasteiger partial charge in [0.05, 0.1) is 6.42 Å². The molecule has 0 aliphatic carbocycles. The smallest absolute Gasteiger partial charge is 0.308 e. The van der Waals surface area contributed by atoms with Crippen LogP contribution in [0.2, 0.25) is 0 Å². The maximum atomic E-state index is 11.6. The summed E-state index contributed by atoms with van der Waals surface area (Å²) in [4.78, 5) is 23.2. The highest BCUT2D eigenvalue weighted by Crippen LogP contribution is 2.04. The standard InChI is InChI=1S/C15H14N2O2/c18-14(11-12-7-3-1-4-8-12)17-15(19)16-13-9-5-2-6-10-13/h1-10H,11H2,(H2,16,17,18,19). The minimum atomic E-state index is -0.521. The summed E-state index contributed by atoms with van der Waals surface area (Å²) in [7, 11) is 0. The average molecular weight is 254 g/mol. The number of imide groups is 1. The minimum Gasteiger partial charge on any atom is -0.308 e. The molecular weight excluding hydrogens is 240 g/mol. The van der Waals surface area contributed by atoms with Crippen LogP contribution < -0.4 is 10.6 Å². The Balaban J connectivity index is 1.84. The number of carbonyl (C=O) groups is 2. The molecule has 0 aliphatic heterocycles. The van der Waals surface area contributed by atoms with Gasteiger partial charge in [0.2, 0.25) is 5.91 Å². The number of benzene rings is 2. The van der Waals surface area contributed by atoms with Crippen molar-refractivity contribution >= 4 is 17.6 Å². The van der Waals surface area contributed by atoms with Gasteiger partial charge >= 0.3 is 6.03 Å². The lowest BCUT2D eigenvalue weighted by Gasteiger charge is -2.06. The Morgan fingerprint density at radius 3 is 2.05 bits per heavy atom. The molecule has 0 fully saturated rings. The molecule has 0 spiro atoms. The Labute approximate surface area is 111 Å². The van der Waals surface area contributed by atoms with Gasteiger partial charge in [-0.2, -0.15) is 0 Å². The molecule has 0 radical (unpaired) electrons. The molecule has 0 heterocycles. The van der Waals surface area contributed by atoms with Crippen LogP contribution in [0, 0.1) is 0 Å². The molecule has 0 saturated heterocycles. The maximum Gasteiger partial charge on any atom is 0.325 e. The molecule has 0 atom stereocenters. The minimum absolute atomic E-state index is 0.184. The molecule has 0 aliphatic rings. The molecule has 2 rings (SSSR count). The van der Waals surface area contributed by atoms with Crippen LogP contribution in [0.4, 0.5) is 10.5 Å². The van der Waals surface area contributed by atoms with Crippen molar-refractivity contribution in [3.05, 3.63) is 66.2 Å². The van der Waals surface area contributed by atoms with Crippen LogP contribution in [0.5, 0.6) is 0 Å². The molecule has 0 aromatic heterocycles. The Bertz CT molecular complexity index is 501. The Hall–Kier alpha value is -2.62. The summed E-state index contributed by atoms with van der Waals surface area (Å²) in [5, 5.41) is 4.88. The molecule has 0 unspecified atom stereocenters. The first-order chi connectivity index (χ1) is 9.24. The first-order valence-electron chi connectivity index (χ1n) is 5.94.